The highest BCUT2D eigenvalue weighted by molar-refractivity contribution is 5.80. The number of aliphatic carboxylic acids is 1. The van der Waals surface area contributed by atoms with E-state index in [0.717, 1.165) is 0 Å². The summed E-state index contributed by atoms with van der Waals surface area (Å²) in [7, 11) is 5.18. The van der Waals surface area contributed by atoms with Crippen molar-refractivity contribution in [2.45, 2.75) is 198 Å². The summed E-state index contributed by atoms with van der Waals surface area (Å²) in [4.78, 5) is 39.6. The van der Waals surface area contributed by atoms with Crippen LogP contribution >= 0.6 is 0 Å². The van der Waals surface area contributed by atoms with Crippen LogP contribution in [-0.4, -0.2) is 178 Å². The highest BCUT2D eigenvalue weighted by atomic mass is 16.7. The maximum Gasteiger partial charge on any atom is 0.311 e. The monoisotopic (exact) mass is 878 g/mol. The number of hydrogen-bond acceptors (Lipinski definition) is 16. The zero-order valence-electron chi connectivity index (χ0n) is 38.7. The summed E-state index contributed by atoms with van der Waals surface area (Å²) in [6.45, 7) is 17.3. The molecule has 8 N–H and O–H groups in total. The first-order chi connectivity index (χ1) is 28.2. The first-order valence-electron chi connectivity index (χ1n) is 22.0. The highest BCUT2D eigenvalue weighted by Crippen LogP contribution is 2.41. The van der Waals surface area contributed by atoms with Crippen LogP contribution in [0.25, 0.3) is 0 Å². The number of cyclic esters (lactones) is 1. The third-order valence-electron chi connectivity index (χ3n) is 13.5. The number of carbonyl (C=O) groups is 3. The van der Waals surface area contributed by atoms with E-state index in [1.54, 1.807) is 48.5 Å². The molecule has 356 valence electrons. The lowest BCUT2D eigenvalue weighted by atomic mass is 9.72. The predicted octanol–water partition coefficient (Wildman–Crippen LogP) is 1.16. The van der Waals surface area contributed by atoms with Crippen LogP contribution in [0.4, 0.5) is 0 Å². The van der Waals surface area contributed by atoms with Gasteiger partial charge in [-0.05, 0) is 80.8 Å². The van der Waals surface area contributed by atoms with Gasteiger partial charge in [0.1, 0.15) is 23.9 Å². The first kappa shape index (κ1) is 53.3. The van der Waals surface area contributed by atoms with E-state index in [0.29, 0.717) is 6.42 Å². The van der Waals surface area contributed by atoms with Crippen molar-refractivity contribution in [3.05, 3.63) is 0 Å². The molecule has 0 aromatic carbocycles. The van der Waals surface area contributed by atoms with Gasteiger partial charge >= 0.3 is 11.9 Å². The predicted molar refractivity (Wildman–Crippen MR) is 223 cm³/mol. The molecule has 3 fully saturated rings. The number of rotatable bonds is 14. The number of methoxy groups -OCH3 is 1. The number of likely N-dealkylation sites (N-methyl/N-ethyl adjacent to an activating group) is 1. The Hall–Kier alpha value is -2.07. The maximum atomic E-state index is 14.4. The molecular weight excluding hydrogens is 798 g/mol. The van der Waals surface area contributed by atoms with Gasteiger partial charge in [0, 0.05) is 57.0 Å². The molecule has 0 aromatic heterocycles. The number of carboxylic acid groups (broad SMARTS) is 1. The minimum atomic E-state index is -1.96. The van der Waals surface area contributed by atoms with Crippen molar-refractivity contribution in [1.82, 2.24) is 15.5 Å². The number of nitrogens with one attached hydrogen (secondary N) is 2. The highest BCUT2D eigenvalue weighted by Gasteiger charge is 2.53. The summed E-state index contributed by atoms with van der Waals surface area (Å²) in [5.74, 6) is -5.43. The molecule has 8 unspecified atom stereocenters. The molecule has 3 aliphatic rings. The Balaban J connectivity index is 2.17. The number of aliphatic hydroxyl groups excluding tert-OH is 3. The molecule has 3 saturated heterocycles. The zero-order chi connectivity index (χ0) is 46.4. The van der Waals surface area contributed by atoms with Gasteiger partial charge in [-0.15, -0.1) is 0 Å². The van der Waals surface area contributed by atoms with Crippen LogP contribution in [0, 0.1) is 23.7 Å². The van der Waals surface area contributed by atoms with Crippen LogP contribution in [0.15, 0.2) is 0 Å². The van der Waals surface area contributed by atoms with Gasteiger partial charge in [-0.25, -0.2) is 0 Å². The second-order valence-electron chi connectivity index (χ2n) is 18.9. The van der Waals surface area contributed by atoms with E-state index >= 15 is 0 Å². The molecule has 18 nitrogen and oxygen atoms in total. The molecule has 0 aromatic rings. The van der Waals surface area contributed by atoms with Crippen LogP contribution in [0.5, 0.6) is 0 Å². The van der Waals surface area contributed by atoms with Gasteiger partial charge in [0.15, 0.2) is 12.6 Å². The lowest BCUT2D eigenvalue weighted by Crippen LogP contribution is -2.62. The molecule has 0 radical (unpaired) electrons. The number of amides is 1. The smallest absolute Gasteiger partial charge is 0.311 e. The van der Waals surface area contributed by atoms with Crippen LogP contribution in [-0.2, 0) is 42.8 Å². The van der Waals surface area contributed by atoms with Gasteiger partial charge in [0.25, 0.3) is 0 Å². The molecule has 0 aliphatic carbocycles. The molecule has 0 spiro atoms. The van der Waals surface area contributed by atoms with E-state index in [-0.39, 0.29) is 57.3 Å². The summed E-state index contributed by atoms with van der Waals surface area (Å²) >= 11 is 0. The summed E-state index contributed by atoms with van der Waals surface area (Å²) in [5.41, 5.74) is -4.79. The van der Waals surface area contributed by atoms with Gasteiger partial charge in [0.05, 0.1) is 54.1 Å². The molecule has 19 atom stereocenters. The van der Waals surface area contributed by atoms with Crippen molar-refractivity contribution in [2.75, 3.05) is 34.3 Å². The average Bonchev–Trinajstić information content (AvgIpc) is 3.18. The number of hydrogen-bond donors (Lipinski definition) is 8. The summed E-state index contributed by atoms with van der Waals surface area (Å²) in [6.07, 6.45) is -10.1. The van der Waals surface area contributed by atoms with Gasteiger partial charge < -0.3 is 74.6 Å². The fourth-order valence-electron chi connectivity index (χ4n) is 9.74. The minimum Gasteiger partial charge on any atom is -0.481 e. The van der Waals surface area contributed by atoms with Crippen LogP contribution in [0.3, 0.4) is 0 Å². The molecule has 61 heavy (non-hydrogen) atoms. The quantitative estimate of drug-likeness (QED) is 0.0900. The summed E-state index contributed by atoms with van der Waals surface area (Å²) in [6, 6.07) is -0.978. The summed E-state index contributed by atoms with van der Waals surface area (Å²) in [5, 5.41) is 74.6. The molecule has 18 heteroatoms. The van der Waals surface area contributed by atoms with Crippen molar-refractivity contribution >= 4 is 17.8 Å². The molecule has 3 aliphatic heterocycles. The van der Waals surface area contributed by atoms with E-state index in [9.17, 15) is 39.9 Å². The van der Waals surface area contributed by atoms with Crippen LogP contribution < -0.4 is 10.6 Å². The van der Waals surface area contributed by atoms with E-state index < -0.39 is 120 Å². The van der Waals surface area contributed by atoms with Crippen molar-refractivity contribution in [3.63, 3.8) is 0 Å². The lowest BCUT2D eigenvalue weighted by Gasteiger charge is -2.49. The Kier molecular flexibility index (Phi) is 19.4. The molecule has 3 rings (SSSR count). The van der Waals surface area contributed by atoms with Gasteiger partial charge in [0.2, 0.25) is 5.91 Å². The molecule has 3 heterocycles. The van der Waals surface area contributed by atoms with E-state index in [2.05, 4.69) is 10.6 Å². The third kappa shape index (κ3) is 13.3. The second kappa shape index (κ2) is 22.2. The number of nitrogens with zero attached hydrogens (tertiary/aromatic N) is 1. The lowest BCUT2D eigenvalue weighted by molar-refractivity contribution is -0.318. The van der Waals surface area contributed by atoms with E-state index in [1.807, 2.05) is 32.8 Å². The van der Waals surface area contributed by atoms with Crippen LogP contribution in [0.1, 0.15) is 108 Å². The van der Waals surface area contributed by atoms with Crippen molar-refractivity contribution in [1.29, 1.82) is 0 Å². The molecule has 0 bridgehead atoms. The van der Waals surface area contributed by atoms with Crippen LogP contribution in [0.2, 0.25) is 0 Å². The Morgan fingerprint density at radius 1 is 0.902 bits per heavy atom. The van der Waals surface area contributed by atoms with Crippen molar-refractivity contribution in [2.24, 2.45) is 23.7 Å². The average molecular weight is 878 g/mol. The Morgan fingerprint density at radius 2 is 1.54 bits per heavy atom. The molecule has 0 saturated carbocycles. The fourth-order valence-corrected chi connectivity index (χ4v) is 9.74. The van der Waals surface area contributed by atoms with Gasteiger partial charge in [-0.2, -0.15) is 0 Å². The maximum absolute atomic E-state index is 14.4. The Morgan fingerprint density at radius 3 is 2.11 bits per heavy atom. The molecular formula is C43H79N3O15. The number of ether oxygens (including phenoxy) is 6. The largest absolute Gasteiger partial charge is 0.481 e. The molecule has 1 amide bonds. The minimum absolute atomic E-state index is 0.0208. The number of aliphatic hydroxyl groups is 5. The number of carbonyl (C=O) groups excluding carboxylic acids is 2. The second-order valence-corrected chi connectivity index (χ2v) is 18.9. The normalized spacial score (nSPS) is 44.5. The van der Waals surface area contributed by atoms with Gasteiger partial charge in [-0.3, -0.25) is 14.4 Å². The standard InChI is InChI=1S/C43H79N3O15/c1-14-29-43(10,55)36(51)24(4)33(45-18-17-44-30(47)15-16-31(48)49)22(2)20-41(8,54)38(61-40-34(50)28(46(11)12)19-23(3)57-40)25(5)35(26(6)39(53)59-29)60-32-21-42(9,56-13)37(52)27(7)58-32/h22-29,32-38,40,45,50-52,54-55H,14-21H2,1-13H3,(H,44,47)(H,48,49)/t22-,23?,24+,25+,26-,27?,28?,29-,32?,33+,34?,35+,36-,37?,38-,40?,41-,42?,43-/m1/s1. The first-order valence-corrected chi connectivity index (χ1v) is 22.0. The van der Waals surface area contributed by atoms with E-state index in [4.69, 9.17) is 33.5 Å². The topological polar surface area (TPSA) is 255 Å². The Bertz CT molecular complexity index is 1420. The zero-order valence-corrected chi connectivity index (χ0v) is 38.7. The number of carboxylic acids is 1. The SMILES string of the molecule is CC[C@H]1OC(=O)[C@H](C)[C@@H](OC2CC(C)(OC)C(O)C(C)O2)[C@H](C)[C@@H](OC2OC(C)CC(N(C)C)C2O)[C@](C)(O)C[C@@H](C)[C@H](NCCNC(=O)CCC(=O)O)[C@H](C)[C@@H](O)[C@]1(C)O. The third-order valence-corrected chi connectivity index (χ3v) is 13.5. The Labute approximate surface area is 362 Å². The van der Waals surface area contributed by atoms with Gasteiger partial charge in [-0.1, -0.05) is 27.7 Å². The van der Waals surface area contributed by atoms with Crippen molar-refractivity contribution < 1.29 is 73.4 Å². The fraction of sp³-hybridized carbons (Fsp3) is 0.930. The summed E-state index contributed by atoms with van der Waals surface area (Å²) < 4.78 is 37.7. The number of esters is 1. The van der Waals surface area contributed by atoms with Crippen molar-refractivity contribution in [3.8, 4) is 0 Å². The van der Waals surface area contributed by atoms with E-state index in [1.165, 1.54) is 14.0 Å².